The largest absolute Gasteiger partial charge is 0.445 e. The maximum atomic E-state index is 14.1. The standard InChI is InChI=1S/C36H61N3O3/c1-6-13-31(40)33-30(39(5)20-11-8-12-21-39)23-28-26-15-14-25-22-32(42-34(41)37-4)29(38-18-9-7-10-19-38)24-36(25,3)27(26)16-17-35(28,33)2/h25-30,32-33H,6-24H2,1-5H3/p+1/t25-,26+,27-,28-,29-,30-,32?,33+,35-,36-/m0/s1. The van der Waals surface area contributed by atoms with Gasteiger partial charge >= 0.3 is 6.09 Å². The summed E-state index contributed by atoms with van der Waals surface area (Å²) >= 11 is 0. The molecule has 6 nitrogen and oxygen atoms in total. The molecule has 4 aliphatic carbocycles. The summed E-state index contributed by atoms with van der Waals surface area (Å²) in [5.74, 6) is 3.61. The molecular formula is C36H62N3O3+. The van der Waals surface area contributed by atoms with Gasteiger partial charge in [0.25, 0.3) is 0 Å². The summed E-state index contributed by atoms with van der Waals surface area (Å²) in [5.41, 5.74) is 0.450. The third-order valence-corrected chi connectivity index (χ3v) is 14.5. The fourth-order valence-electron chi connectivity index (χ4n) is 12.4. The number of rotatable bonds is 6. The van der Waals surface area contributed by atoms with Gasteiger partial charge in [0.15, 0.2) is 0 Å². The SMILES string of the molecule is CCCC(=O)[C@H]1[C@@H]([N+]2(C)CCCCC2)C[C@H]2[C@@H]3CC[C@H]4CC(OC(=O)NC)[C@@H](N5CCCCC5)C[C@]4(C)[C@H]3CC[C@@]21C. The van der Waals surface area contributed by atoms with Gasteiger partial charge in [-0.1, -0.05) is 27.2 Å². The first-order valence-corrected chi connectivity index (χ1v) is 18.1. The molecular weight excluding hydrogens is 522 g/mol. The molecule has 1 unspecified atom stereocenters. The number of ether oxygens (including phenoxy) is 1. The van der Waals surface area contributed by atoms with Crippen molar-refractivity contribution in [2.24, 2.45) is 40.4 Å². The first kappa shape index (κ1) is 30.9. The Labute approximate surface area is 256 Å². The summed E-state index contributed by atoms with van der Waals surface area (Å²) < 4.78 is 7.30. The minimum absolute atomic E-state index is 0.00184. The first-order chi connectivity index (χ1) is 20.1. The Morgan fingerprint density at radius 1 is 0.929 bits per heavy atom. The fourth-order valence-corrected chi connectivity index (χ4v) is 12.4. The average molecular weight is 585 g/mol. The van der Waals surface area contributed by atoms with E-state index in [0.717, 1.165) is 48.7 Å². The number of nitrogens with zero attached hydrogens (tertiary/aromatic N) is 2. The van der Waals surface area contributed by atoms with Crippen LogP contribution in [0.15, 0.2) is 0 Å². The van der Waals surface area contributed by atoms with Gasteiger partial charge in [-0.2, -0.15) is 0 Å². The molecule has 6 fully saturated rings. The molecule has 0 aromatic carbocycles. The summed E-state index contributed by atoms with van der Waals surface area (Å²) in [4.78, 5) is 29.2. The van der Waals surface area contributed by atoms with Crippen molar-refractivity contribution in [3.8, 4) is 0 Å². The Kier molecular flexibility index (Phi) is 8.81. The third-order valence-electron chi connectivity index (χ3n) is 14.5. The van der Waals surface area contributed by atoms with E-state index in [0.29, 0.717) is 35.1 Å². The van der Waals surface area contributed by atoms with Crippen LogP contribution in [-0.4, -0.2) is 79.7 Å². The van der Waals surface area contributed by atoms with E-state index in [1.165, 1.54) is 90.1 Å². The number of hydrogen-bond donors (Lipinski definition) is 1. The van der Waals surface area contributed by atoms with E-state index in [1.807, 2.05) is 0 Å². The van der Waals surface area contributed by atoms with Gasteiger partial charge in [0.1, 0.15) is 11.9 Å². The van der Waals surface area contributed by atoms with Gasteiger partial charge in [0.05, 0.1) is 32.1 Å². The van der Waals surface area contributed by atoms with Crippen LogP contribution in [0, 0.1) is 40.4 Å². The van der Waals surface area contributed by atoms with Crippen molar-refractivity contribution in [1.29, 1.82) is 0 Å². The number of Topliss-reactive ketones (excluding diaryl/α,β-unsaturated/α-hetero) is 1. The molecule has 238 valence electrons. The molecule has 0 spiro atoms. The predicted molar refractivity (Wildman–Crippen MR) is 168 cm³/mol. The van der Waals surface area contributed by atoms with E-state index in [1.54, 1.807) is 7.05 Å². The number of alkyl carbamates (subject to hydrolysis) is 1. The van der Waals surface area contributed by atoms with E-state index in [4.69, 9.17) is 4.74 Å². The van der Waals surface area contributed by atoms with E-state index in [9.17, 15) is 9.59 Å². The van der Waals surface area contributed by atoms with Crippen LogP contribution in [0.5, 0.6) is 0 Å². The predicted octanol–water partition coefficient (Wildman–Crippen LogP) is 6.81. The van der Waals surface area contributed by atoms with Crippen LogP contribution in [0.3, 0.4) is 0 Å². The molecule has 42 heavy (non-hydrogen) atoms. The van der Waals surface area contributed by atoms with Gasteiger partial charge in [-0.05, 0) is 125 Å². The van der Waals surface area contributed by atoms with Crippen LogP contribution >= 0.6 is 0 Å². The van der Waals surface area contributed by atoms with E-state index < -0.39 is 0 Å². The molecule has 2 heterocycles. The lowest BCUT2D eigenvalue weighted by atomic mass is 9.44. The molecule has 0 aromatic rings. The molecule has 0 aromatic heterocycles. The zero-order chi connectivity index (χ0) is 29.7. The Hall–Kier alpha value is -1.14. The summed E-state index contributed by atoms with van der Waals surface area (Å²) in [6.45, 7) is 12.2. The molecule has 1 N–H and O–H groups in total. The van der Waals surface area contributed by atoms with Gasteiger partial charge in [-0.3, -0.25) is 9.69 Å². The smallest absolute Gasteiger partial charge is 0.407 e. The van der Waals surface area contributed by atoms with Crippen molar-refractivity contribution < 1.29 is 18.8 Å². The maximum absolute atomic E-state index is 14.1. The summed E-state index contributed by atoms with van der Waals surface area (Å²) in [7, 11) is 4.21. The van der Waals surface area contributed by atoms with Crippen LogP contribution in [0.25, 0.3) is 0 Å². The van der Waals surface area contributed by atoms with Crippen molar-refractivity contribution in [2.75, 3.05) is 40.3 Å². The molecule has 6 heteroatoms. The molecule has 1 amide bonds. The summed E-state index contributed by atoms with van der Waals surface area (Å²) in [5, 5.41) is 2.74. The number of amides is 1. The lowest BCUT2D eigenvalue weighted by Gasteiger charge is -2.62. The van der Waals surface area contributed by atoms with Gasteiger partial charge < -0.3 is 14.5 Å². The van der Waals surface area contributed by atoms with E-state index >= 15 is 0 Å². The quantitative estimate of drug-likeness (QED) is 0.349. The average Bonchev–Trinajstić information content (AvgIpc) is 3.32. The summed E-state index contributed by atoms with van der Waals surface area (Å²) in [6, 6.07) is 0.852. The number of carbonyl (C=O) groups excluding carboxylic acids is 2. The topological polar surface area (TPSA) is 58.6 Å². The molecule has 4 saturated carbocycles. The molecule has 2 saturated heterocycles. The first-order valence-electron chi connectivity index (χ1n) is 18.1. The van der Waals surface area contributed by atoms with E-state index in [-0.39, 0.29) is 23.5 Å². The molecule has 2 aliphatic heterocycles. The number of piperidine rings is 2. The zero-order valence-electron chi connectivity index (χ0n) is 27.7. The second kappa shape index (κ2) is 12.0. The van der Waals surface area contributed by atoms with Crippen LogP contribution in [0.4, 0.5) is 4.79 Å². The number of fused-ring (bicyclic) bond motifs is 5. The fraction of sp³-hybridized carbons (Fsp3) is 0.944. The van der Waals surface area contributed by atoms with Crippen molar-refractivity contribution >= 4 is 11.9 Å². The highest BCUT2D eigenvalue weighted by Crippen LogP contribution is 2.69. The number of quaternary nitrogens is 1. The highest BCUT2D eigenvalue weighted by atomic mass is 16.6. The normalized spacial score (nSPS) is 45.3. The van der Waals surface area contributed by atoms with Gasteiger partial charge in [0, 0.05) is 25.9 Å². The Morgan fingerprint density at radius 2 is 1.64 bits per heavy atom. The van der Waals surface area contributed by atoms with Crippen LogP contribution < -0.4 is 5.32 Å². The highest BCUT2D eigenvalue weighted by molar-refractivity contribution is 5.83. The van der Waals surface area contributed by atoms with Crippen molar-refractivity contribution in [1.82, 2.24) is 10.2 Å². The van der Waals surface area contributed by atoms with Gasteiger partial charge in [-0.15, -0.1) is 0 Å². The number of hydrogen-bond acceptors (Lipinski definition) is 4. The van der Waals surface area contributed by atoms with Crippen molar-refractivity contribution in [3.63, 3.8) is 0 Å². The second-order valence-electron chi connectivity index (χ2n) is 16.5. The van der Waals surface area contributed by atoms with Crippen molar-refractivity contribution in [2.45, 2.75) is 135 Å². The van der Waals surface area contributed by atoms with Crippen molar-refractivity contribution in [3.05, 3.63) is 0 Å². The number of likely N-dealkylation sites (tertiary alicyclic amines) is 2. The third kappa shape index (κ3) is 5.16. The lowest BCUT2D eigenvalue weighted by Crippen LogP contribution is -2.61. The van der Waals surface area contributed by atoms with Crippen LogP contribution in [0.1, 0.15) is 117 Å². The zero-order valence-corrected chi connectivity index (χ0v) is 27.7. The molecule has 0 bridgehead atoms. The molecule has 10 atom stereocenters. The van der Waals surface area contributed by atoms with Crippen LogP contribution in [-0.2, 0) is 9.53 Å². The maximum Gasteiger partial charge on any atom is 0.407 e. The number of carbonyl (C=O) groups is 2. The van der Waals surface area contributed by atoms with E-state index in [2.05, 4.69) is 38.0 Å². The van der Waals surface area contributed by atoms with Gasteiger partial charge in [0.2, 0.25) is 0 Å². The minimum atomic E-state index is -0.262. The number of nitrogens with one attached hydrogen (secondary N) is 1. The summed E-state index contributed by atoms with van der Waals surface area (Å²) in [6.07, 6.45) is 17.9. The number of ketones is 1. The lowest BCUT2D eigenvalue weighted by molar-refractivity contribution is -0.939. The second-order valence-corrected chi connectivity index (χ2v) is 16.5. The highest BCUT2D eigenvalue weighted by Gasteiger charge is 2.67. The minimum Gasteiger partial charge on any atom is -0.445 e. The Morgan fingerprint density at radius 3 is 2.33 bits per heavy atom. The van der Waals surface area contributed by atoms with Gasteiger partial charge in [-0.25, -0.2) is 4.79 Å². The Balaban J connectivity index is 1.29. The molecule has 6 rings (SSSR count). The monoisotopic (exact) mass is 584 g/mol. The molecule has 6 aliphatic rings. The molecule has 0 radical (unpaired) electrons. The Bertz CT molecular complexity index is 989. The van der Waals surface area contributed by atoms with Crippen LogP contribution in [0.2, 0.25) is 0 Å².